The van der Waals surface area contributed by atoms with E-state index in [2.05, 4.69) is 15.5 Å². The molecule has 8 heteroatoms. The van der Waals surface area contributed by atoms with Crippen molar-refractivity contribution in [1.29, 1.82) is 0 Å². The number of anilines is 1. The summed E-state index contributed by atoms with van der Waals surface area (Å²) in [4.78, 5) is 34.2. The van der Waals surface area contributed by atoms with E-state index < -0.39 is 6.04 Å². The van der Waals surface area contributed by atoms with E-state index in [1.54, 1.807) is 30.8 Å². The summed E-state index contributed by atoms with van der Waals surface area (Å²) in [6, 6.07) is 22.4. The lowest BCUT2D eigenvalue weighted by molar-refractivity contribution is 0.0931. The third-order valence-electron chi connectivity index (χ3n) is 6.14. The van der Waals surface area contributed by atoms with Gasteiger partial charge in [0, 0.05) is 27.0 Å². The molecule has 3 aromatic carbocycles. The molecule has 2 aliphatic rings. The van der Waals surface area contributed by atoms with Crippen molar-refractivity contribution in [1.82, 2.24) is 15.5 Å². The average Bonchev–Trinajstić information content (AvgIpc) is 3.61. The fraction of sp³-hybridized carbons (Fsp3) is 0.185. The molecule has 2 amide bonds. The molecule has 1 N–H and O–H groups in total. The molecule has 0 bridgehead atoms. The van der Waals surface area contributed by atoms with E-state index in [-0.39, 0.29) is 17.9 Å². The lowest BCUT2D eigenvalue weighted by Gasteiger charge is -2.22. The molecule has 2 heterocycles. The highest BCUT2D eigenvalue weighted by molar-refractivity contribution is 7.99. The number of carbonyl (C=O) groups excluding carboxylic acids is 2. The quantitative estimate of drug-likeness (QED) is 0.404. The van der Waals surface area contributed by atoms with Crippen molar-refractivity contribution in [2.24, 2.45) is 0 Å². The lowest BCUT2D eigenvalue weighted by atomic mass is 10.1. The van der Waals surface area contributed by atoms with Crippen molar-refractivity contribution in [2.45, 2.75) is 41.6 Å². The number of fused-ring (bicyclic) bond motifs is 2. The van der Waals surface area contributed by atoms with Gasteiger partial charge in [-0.1, -0.05) is 47.3 Å². The zero-order chi connectivity index (χ0) is 23.9. The van der Waals surface area contributed by atoms with Crippen LogP contribution < -0.4 is 10.2 Å². The van der Waals surface area contributed by atoms with E-state index in [4.69, 9.17) is 4.52 Å². The van der Waals surface area contributed by atoms with Crippen LogP contribution in [0.1, 0.15) is 52.4 Å². The van der Waals surface area contributed by atoms with Crippen LogP contribution in [0.25, 0.3) is 11.4 Å². The Hall–Kier alpha value is -3.91. The number of nitrogens with zero attached hydrogens (tertiary/aromatic N) is 3. The van der Waals surface area contributed by atoms with Gasteiger partial charge < -0.3 is 14.7 Å². The first kappa shape index (κ1) is 21.6. The number of aromatic nitrogens is 2. The van der Waals surface area contributed by atoms with Crippen LogP contribution in [-0.4, -0.2) is 28.0 Å². The minimum absolute atomic E-state index is 0.0481. The Bertz CT molecular complexity index is 1430. The van der Waals surface area contributed by atoms with Crippen LogP contribution in [0.2, 0.25) is 0 Å². The highest BCUT2D eigenvalue weighted by Crippen LogP contribution is 2.46. The van der Waals surface area contributed by atoms with E-state index in [0.29, 0.717) is 17.3 Å². The SMILES string of the molecule is C[C@H](NC(=O)c1ccccc1)c1nc(-c2ccc3c(c2)Sc2ccccc2C(=O)N3C2CC2)no1. The van der Waals surface area contributed by atoms with Crippen LogP contribution in [0.15, 0.2) is 87.1 Å². The Labute approximate surface area is 206 Å². The average molecular weight is 483 g/mol. The maximum atomic E-state index is 13.3. The van der Waals surface area contributed by atoms with E-state index in [9.17, 15) is 9.59 Å². The Morgan fingerprint density at radius 1 is 1.06 bits per heavy atom. The molecule has 1 aliphatic heterocycles. The molecule has 0 saturated heterocycles. The molecule has 174 valence electrons. The minimum Gasteiger partial charge on any atom is -0.341 e. The standard InChI is InChI=1S/C27H22N4O3S/c1-16(28-25(32)17-7-3-2-4-8-17)26-29-24(30-34-26)18-11-14-21-23(15-18)35-22-10-6-5-9-20(22)27(33)31(21)19-12-13-19/h2-11,14-16,19H,12-13H2,1H3,(H,28,32)/t16-/m0/s1. The van der Waals surface area contributed by atoms with Crippen molar-refractivity contribution in [3.8, 4) is 11.4 Å². The fourth-order valence-electron chi connectivity index (χ4n) is 4.18. The first-order valence-corrected chi connectivity index (χ1v) is 12.3. The van der Waals surface area contributed by atoms with Gasteiger partial charge in [-0.15, -0.1) is 0 Å². The Morgan fingerprint density at radius 2 is 1.83 bits per heavy atom. The van der Waals surface area contributed by atoms with Crippen molar-refractivity contribution >= 4 is 29.3 Å². The summed E-state index contributed by atoms with van der Waals surface area (Å²) in [5, 5.41) is 7.05. The van der Waals surface area contributed by atoms with Gasteiger partial charge in [0.15, 0.2) is 0 Å². The third-order valence-corrected chi connectivity index (χ3v) is 7.26. The second-order valence-corrected chi connectivity index (χ2v) is 9.79. The second kappa shape index (κ2) is 8.70. The van der Waals surface area contributed by atoms with Gasteiger partial charge in [-0.2, -0.15) is 4.98 Å². The normalized spacial score (nSPS) is 15.7. The highest BCUT2D eigenvalue weighted by Gasteiger charge is 2.38. The van der Waals surface area contributed by atoms with Crippen molar-refractivity contribution in [3.05, 3.63) is 89.8 Å². The molecule has 35 heavy (non-hydrogen) atoms. The van der Waals surface area contributed by atoms with Gasteiger partial charge in [-0.3, -0.25) is 9.59 Å². The van der Waals surface area contributed by atoms with Crippen LogP contribution in [-0.2, 0) is 0 Å². The smallest absolute Gasteiger partial charge is 0.259 e. The van der Waals surface area contributed by atoms with Crippen LogP contribution in [0.5, 0.6) is 0 Å². The summed E-state index contributed by atoms with van der Waals surface area (Å²) in [6.45, 7) is 1.81. The van der Waals surface area contributed by atoms with E-state index in [1.165, 1.54) is 0 Å². The van der Waals surface area contributed by atoms with Gasteiger partial charge in [-0.25, -0.2) is 0 Å². The lowest BCUT2D eigenvalue weighted by Crippen LogP contribution is -2.32. The Kier molecular flexibility index (Phi) is 5.37. The molecule has 1 atom stereocenters. The van der Waals surface area contributed by atoms with E-state index in [0.717, 1.165) is 39.4 Å². The molecule has 1 saturated carbocycles. The molecule has 1 fully saturated rings. The van der Waals surface area contributed by atoms with Gasteiger partial charge in [0.25, 0.3) is 11.8 Å². The molecule has 6 rings (SSSR count). The number of carbonyl (C=O) groups is 2. The van der Waals surface area contributed by atoms with Crippen molar-refractivity contribution in [3.63, 3.8) is 0 Å². The van der Waals surface area contributed by atoms with E-state index in [1.807, 2.05) is 65.6 Å². The zero-order valence-electron chi connectivity index (χ0n) is 19.0. The van der Waals surface area contributed by atoms with Crippen LogP contribution in [0.3, 0.4) is 0 Å². The summed E-state index contributed by atoms with van der Waals surface area (Å²) in [7, 11) is 0. The number of hydrogen-bond acceptors (Lipinski definition) is 6. The molecular weight excluding hydrogens is 460 g/mol. The van der Waals surface area contributed by atoms with Crippen molar-refractivity contribution < 1.29 is 14.1 Å². The summed E-state index contributed by atoms with van der Waals surface area (Å²) in [5.74, 6) is 0.604. The Balaban J connectivity index is 1.29. The number of hydrogen-bond donors (Lipinski definition) is 1. The third kappa shape index (κ3) is 4.10. The zero-order valence-corrected chi connectivity index (χ0v) is 19.8. The molecule has 0 unspecified atom stereocenters. The largest absolute Gasteiger partial charge is 0.341 e. The molecule has 0 radical (unpaired) electrons. The molecule has 1 aliphatic carbocycles. The summed E-state index contributed by atoms with van der Waals surface area (Å²) in [5.41, 5.74) is 2.99. The first-order chi connectivity index (χ1) is 17.1. The van der Waals surface area contributed by atoms with Crippen LogP contribution >= 0.6 is 11.8 Å². The maximum Gasteiger partial charge on any atom is 0.259 e. The topological polar surface area (TPSA) is 88.3 Å². The molecule has 0 spiro atoms. The van der Waals surface area contributed by atoms with E-state index >= 15 is 0 Å². The van der Waals surface area contributed by atoms with Gasteiger partial charge in [0.2, 0.25) is 11.7 Å². The number of benzene rings is 3. The minimum atomic E-state index is -0.450. The molecular formula is C27H22N4O3S. The summed E-state index contributed by atoms with van der Waals surface area (Å²) < 4.78 is 5.48. The monoisotopic (exact) mass is 482 g/mol. The van der Waals surface area contributed by atoms with Gasteiger partial charge in [-0.05, 0) is 62.2 Å². The molecule has 4 aromatic rings. The maximum absolute atomic E-state index is 13.3. The number of amides is 2. The Morgan fingerprint density at radius 3 is 2.63 bits per heavy atom. The van der Waals surface area contributed by atoms with Gasteiger partial charge in [0.1, 0.15) is 6.04 Å². The van der Waals surface area contributed by atoms with Crippen LogP contribution in [0.4, 0.5) is 5.69 Å². The van der Waals surface area contributed by atoms with Gasteiger partial charge >= 0.3 is 0 Å². The summed E-state index contributed by atoms with van der Waals surface area (Å²) >= 11 is 1.58. The first-order valence-electron chi connectivity index (χ1n) is 11.5. The number of nitrogens with one attached hydrogen (secondary N) is 1. The predicted molar refractivity (Wildman–Crippen MR) is 132 cm³/mol. The fourth-order valence-corrected chi connectivity index (χ4v) is 5.28. The summed E-state index contributed by atoms with van der Waals surface area (Å²) in [6.07, 6.45) is 2.03. The molecule has 7 nitrogen and oxygen atoms in total. The van der Waals surface area contributed by atoms with Crippen LogP contribution in [0, 0.1) is 0 Å². The van der Waals surface area contributed by atoms with Gasteiger partial charge in [0.05, 0.1) is 11.3 Å². The predicted octanol–water partition coefficient (Wildman–Crippen LogP) is 5.50. The second-order valence-electron chi connectivity index (χ2n) is 8.70. The highest BCUT2D eigenvalue weighted by atomic mass is 32.2. The van der Waals surface area contributed by atoms with Crippen molar-refractivity contribution in [2.75, 3.05) is 4.90 Å². The number of rotatable bonds is 5. The molecule has 1 aromatic heterocycles.